The molecule has 1 N–H and O–H groups in total. The first-order chi connectivity index (χ1) is 6.65. The van der Waals surface area contributed by atoms with E-state index in [-0.39, 0.29) is 17.5 Å². The molecule has 0 saturated carbocycles. The molecular weight excluding hydrogens is 204 g/mol. The predicted molar refractivity (Wildman–Crippen MR) is 53.5 cm³/mol. The lowest BCUT2D eigenvalue weighted by atomic mass is 10.3. The average molecular weight is 213 g/mol. The minimum atomic E-state index is -0.200. The van der Waals surface area contributed by atoms with E-state index < -0.39 is 0 Å². The van der Waals surface area contributed by atoms with Crippen molar-refractivity contribution in [2.24, 2.45) is 0 Å². The van der Waals surface area contributed by atoms with E-state index in [1.807, 2.05) is 0 Å². The highest BCUT2D eigenvalue weighted by molar-refractivity contribution is 6.17. The summed E-state index contributed by atoms with van der Waals surface area (Å²) in [5.41, 5.74) is 1.34. The molecule has 0 saturated heterocycles. The summed E-state index contributed by atoms with van der Waals surface area (Å²) >= 11 is 5.57. The van der Waals surface area contributed by atoms with E-state index in [0.717, 1.165) is 0 Å². The highest BCUT2D eigenvalue weighted by atomic mass is 35.5. The van der Waals surface area contributed by atoms with Crippen LogP contribution in [0.4, 0.5) is 5.69 Å². The predicted octanol–water partition coefficient (Wildman–Crippen LogP) is 1.59. The summed E-state index contributed by atoms with van der Waals surface area (Å²) in [4.78, 5) is 25.2. The van der Waals surface area contributed by atoms with Gasteiger partial charge in [-0.2, -0.15) is 0 Å². The lowest BCUT2D eigenvalue weighted by Gasteiger charge is -2.04. The zero-order valence-corrected chi connectivity index (χ0v) is 8.34. The molecule has 0 unspecified atom stereocenters. The second kappa shape index (κ2) is 4.72. The van der Waals surface area contributed by atoms with Crippen LogP contribution in [-0.4, -0.2) is 17.2 Å². The minimum absolute atomic E-state index is 0.200. The Balaban J connectivity index is 3.03. The number of aldehydes is 1. The fraction of sp³-hybridized carbons (Fsp3) is 0.222. The number of rotatable bonds is 3. The second-order valence-electron chi connectivity index (χ2n) is 2.70. The molecule has 1 aromatic heterocycles. The lowest BCUT2D eigenvalue weighted by Crippen LogP contribution is -2.07. The van der Waals surface area contributed by atoms with Crippen LogP contribution in [0.5, 0.6) is 0 Å². The van der Waals surface area contributed by atoms with Crippen molar-refractivity contribution in [3.63, 3.8) is 0 Å². The lowest BCUT2D eigenvalue weighted by molar-refractivity contribution is -0.114. The molecule has 1 aromatic rings. The second-order valence-corrected chi connectivity index (χ2v) is 2.97. The molecule has 1 amide bonds. The molecule has 0 atom stereocenters. The summed E-state index contributed by atoms with van der Waals surface area (Å²) < 4.78 is 0. The number of hydrogen-bond donors (Lipinski definition) is 1. The van der Waals surface area contributed by atoms with E-state index in [1.54, 1.807) is 6.07 Å². The Morgan fingerprint density at radius 3 is 2.86 bits per heavy atom. The van der Waals surface area contributed by atoms with Crippen molar-refractivity contribution in [2.75, 3.05) is 5.32 Å². The van der Waals surface area contributed by atoms with E-state index in [0.29, 0.717) is 17.7 Å². The number of nitrogens with one attached hydrogen (secondary N) is 1. The molecule has 0 aliphatic heterocycles. The Hall–Kier alpha value is -1.42. The number of pyridine rings is 1. The van der Waals surface area contributed by atoms with Gasteiger partial charge in [0.1, 0.15) is 5.69 Å². The van der Waals surface area contributed by atoms with Crippen LogP contribution in [0.15, 0.2) is 12.1 Å². The van der Waals surface area contributed by atoms with Crippen LogP contribution < -0.4 is 5.32 Å². The highest BCUT2D eigenvalue weighted by Gasteiger charge is 2.02. The molecule has 0 fully saturated rings. The molecule has 0 aliphatic carbocycles. The Morgan fingerprint density at radius 1 is 1.64 bits per heavy atom. The fourth-order valence-corrected chi connectivity index (χ4v) is 1.15. The zero-order chi connectivity index (χ0) is 10.6. The third-order valence-corrected chi connectivity index (χ3v) is 1.75. The third-order valence-electron chi connectivity index (χ3n) is 1.48. The van der Waals surface area contributed by atoms with Crippen molar-refractivity contribution in [2.45, 2.75) is 12.8 Å². The van der Waals surface area contributed by atoms with Crippen molar-refractivity contribution < 1.29 is 9.59 Å². The maximum atomic E-state index is 10.8. The van der Waals surface area contributed by atoms with Crippen molar-refractivity contribution in [1.82, 2.24) is 4.98 Å². The molecule has 0 bridgehead atoms. The van der Waals surface area contributed by atoms with Gasteiger partial charge in [-0.3, -0.25) is 9.59 Å². The van der Waals surface area contributed by atoms with Gasteiger partial charge >= 0.3 is 0 Å². The number of hydrogen-bond acceptors (Lipinski definition) is 3. The Morgan fingerprint density at radius 2 is 2.36 bits per heavy atom. The number of amides is 1. The van der Waals surface area contributed by atoms with Gasteiger partial charge in [-0.05, 0) is 12.1 Å². The zero-order valence-electron chi connectivity index (χ0n) is 7.58. The van der Waals surface area contributed by atoms with Gasteiger partial charge in [-0.1, -0.05) is 0 Å². The van der Waals surface area contributed by atoms with Gasteiger partial charge in [0.25, 0.3) is 0 Å². The first kappa shape index (κ1) is 10.7. The topological polar surface area (TPSA) is 59.1 Å². The Bertz CT molecular complexity index is 366. The van der Waals surface area contributed by atoms with Gasteiger partial charge in [-0.15, -0.1) is 11.6 Å². The first-order valence-corrected chi connectivity index (χ1v) is 4.49. The third kappa shape index (κ3) is 2.81. The molecule has 1 rings (SSSR count). The normalized spacial score (nSPS) is 9.57. The summed E-state index contributed by atoms with van der Waals surface area (Å²) in [7, 11) is 0. The van der Waals surface area contributed by atoms with Crippen LogP contribution in [0.25, 0.3) is 0 Å². The van der Waals surface area contributed by atoms with Gasteiger partial charge in [-0.25, -0.2) is 4.98 Å². The van der Waals surface area contributed by atoms with Gasteiger partial charge in [0.05, 0.1) is 11.6 Å². The summed E-state index contributed by atoms with van der Waals surface area (Å²) in [6.45, 7) is 1.39. The van der Waals surface area contributed by atoms with E-state index in [4.69, 9.17) is 11.6 Å². The summed E-state index contributed by atoms with van der Waals surface area (Å²) in [5, 5.41) is 2.56. The van der Waals surface area contributed by atoms with Crippen LogP contribution in [0.2, 0.25) is 0 Å². The molecule has 74 valence electrons. The minimum Gasteiger partial charge on any atom is -0.326 e. The SMILES string of the molecule is CC(=O)Nc1cc(C=O)nc(CCl)c1. The van der Waals surface area contributed by atoms with E-state index in [9.17, 15) is 9.59 Å². The van der Waals surface area contributed by atoms with Crippen molar-refractivity contribution in [3.05, 3.63) is 23.5 Å². The number of carbonyl (C=O) groups is 2. The number of halogens is 1. The Kier molecular flexibility index (Phi) is 3.59. The van der Waals surface area contributed by atoms with Crippen LogP contribution in [0.1, 0.15) is 23.1 Å². The van der Waals surface area contributed by atoms with E-state index >= 15 is 0 Å². The van der Waals surface area contributed by atoms with Gasteiger partial charge in [0, 0.05) is 12.6 Å². The number of aromatic nitrogens is 1. The number of nitrogens with zero attached hydrogens (tertiary/aromatic N) is 1. The van der Waals surface area contributed by atoms with Crippen molar-refractivity contribution >= 4 is 29.5 Å². The molecule has 5 heteroatoms. The van der Waals surface area contributed by atoms with Crippen molar-refractivity contribution in [3.8, 4) is 0 Å². The van der Waals surface area contributed by atoms with Gasteiger partial charge < -0.3 is 5.32 Å². The molecule has 0 spiro atoms. The molecule has 0 aliphatic rings. The molecule has 4 nitrogen and oxygen atoms in total. The maximum Gasteiger partial charge on any atom is 0.221 e. The molecule has 0 aromatic carbocycles. The average Bonchev–Trinajstić information content (AvgIpc) is 2.16. The summed E-state index contributed by atoms with van der Waals surface area (Å²) in [5.74, 6) is 0.00225. The van der Waals surface area contributed by atoms with E-state index in [2.05, 4.69) is 10.3 Å². The standard InChI is InChI=1S/C9H9ClN2O2/c1-6(14)11-7-2-8(4-10)12-9(3-7)5-13/h2-3,5H,4H2,1H3,(H,11,12,14). The van der Waals surface area contributed by atoms with E-state index in [1.165, 1.54) is 13.0 Å². The van der Waals surface area contributed by atoms with Crippen LogP contribution in [0.3, 0.4) is 0 Å². The summed E-state index contributed by atoms with van der Waals surface area (Å²) in [6.07, 6.45) is 0.612. The van der Waals surface area contributed by atoms with Crippen LogP contribution in [0, 0.1) is 0 Å². The molecule has 14 heavy (non-hydrogen) atoms. The Labute approximate surface area is 86.3 Å². The fourth-order valence-electron chi connectivity index (χ4n) is 1.02. The maximum absolute atomic E-state index is 10.8. The number of carbonyl (C=O) groups excluding carboxylic acids is 2. The van der Waals surface area contributed by atoms with Crippen molar-refractivity contribution in [1.29, 1.82) is 0 Å². The summed E-state index contributed by atoms with van der Waals surface area (Å²) in [6, 6.07) is 3.12. The van der Waals surface area contributed by atoms with Gasteiger partial charge in [0.15, 0.2) is 6.29 Å². The first-order valence-electron chi connectivity index (χ1n) is 3.95. The van der Waals surface area contributed by atoms with Crippen LogP contribution in [-0.2, 0) is 10.7 Å². The van der Waals surface area contributed by atoms with Crippen LogP contribution >= 0.6 is 11.6 Å². The largest absolute Gasteiger partial charge is 0.326 e. The molecule has 0 radical (unpaired) electrons. The molecule has 1 heterocycles. The monoisotopic (exact) mass is 212 g/mol. The highest BCUT2D eigenvalue weighted by Crippen LogP contribution is 2.12. The smallest absolute Gasteiger partial charge is 0.221 e. The quantitative estimate of drug-likeness (QED) is 0.612. The van der Waals surface area contributed by atoms with Gasteiger partial charge in [0.2, 0.25) is 5.91 Å². The number of alkyl halides is 1. The number of anilines is 1. The molecular formula is C9H9ClN2O2.